The second kappa shape index (κ2) is 7.67. The lowest BCUT2D eigenvalue weighted by atomic mass is 10.1. The van der Waals surface area contributed by atoms with Crippen molar-refractivity contribution in [2.75, 3.05) is 51.6 Å². The van der Waals surface area contributed by atoms with Crippen molar-refractivity contribution in [2.45, 2.75) is 12.5 Å². The number of nitrogens with zero attached hydrogens (tertiary/aromatic N) is 4. The van der Waals surface area contributed by atoms with Crippen molar-refractivity contribution in [1.82, 2.24) is 20.0 Å². The van der Waals surface area contributed by atoms with Gasteiger partial charge in [-0.25, -0.2) is 8.42 Å². The minimum Gasteiger partial charge on any atom is -0.337 e. The molecule has 8 nitrogen and oxygen atoms in total. The van der Waals surface area contributed by atoms with Crippen LogP contribution in [0.25, 0.3) is 0 Å². The molecule has 4 rings (SSSR count). The molecule has 1 atom stereocenters. The number of fused-ring (bicyclic) bond motifs is 1. The number of amides is 1. The molecule has 2 fully saturated rings. The molecule has 0 bridgehead atoms. The van der Waals surface area contributed by atoms with E-state index < -0.39 is 10.0 Å². The van der Waals surface area contributed by atoms with Crippen LogP contribution in [0.3, 0.4) is 0 Å². The molecule has 0 spiro atoms. The van der Waals surface area contributed by atoms with Crippen LogP contribution in [0.2, 0.25) is 0 Å². The molecule has 1 amide bonds. The zero-order chi connectivity index (χ0) is 17.4. The number of piperazine rings is 1. The van der Waals surface area contributed by atoms with Gasteiger partial charge in [0.05, 0.1) is 11.3 Å². The van der Waals surface area contributed by atoms with E-state index in [0.717, 1.165) is 45.7 Å². The van der Waals surface area contributed by atoms with Crippen LogP contribution < -0.4 is 5.32 Å². The number of carbonyl (C=O) groups is 1. The van der Waals surface area contributed by atoms with Crippen LogP contribution in [0.5, 0.6) is 0 Å². The Labute approximate surface area is 160 Å². The largest absolute Gasteiger partial charge is 0.337 e. The lowest BCUT2D eigenvalue weighted by Gasteiger charge is -2.32. The average molecular weight is 402 g/mol. The molecule has 0 saturated carbocycles. The summed E-state index contributed by atoms with van der Waals surface area (Å²) >= 11 is 0. The van der Waals surface area contributed by atoms with Crippen LogP contribution in [-0.4, -0.2) is 92.5 Å². The highest BCUT2D eigenvalue weighted by atomic mass is 35.5. The van der Waals surface area contributed by atoms with Gasteiger partial charge in [0.1, 0.15) is 5.84 Å². The molecule has 0 aromatic heterocycles. The second-order valence-corrected chi connectivity index (χ2v) is 8.58. The van der Waals surface area contributed by atoms with E-state index in [2.05, 4.69) is 14.6 Å². The third-order valence-corrected chi connectivity index (χ3v) is 6.35. The van der Waals surface area contributed by atoms with E-state index in [1.165, 1.54) is 0 Å². The summed E-state index contributed by atoms with van der Waals surface area (Å²) in [5, 5.41) is 3.36. The smallest absolute Gasteiger partial charge is 0.256 e. The molecule has 1 N–H and O–H groups in total. The Kier molecular flexibility index (Phi) is 5.71. The van der Waals surface area contributed by atoms with Crippen LogP contribution in [0.1, 0.15) is 6.42 Å². The van der Waals surface area contributed by atoms with E-state index in [9.17, 15) is 13.2 Å². The molecule has 26 heavy (non-hydrogen) atoms. The summed E-state index contributed by atoms with van der Waals surface area (Å²) in [6.07, 6.45) is 6.04. The number of nitrogens with one attached hydrogen (secondary N) is 1. The lowest BCUT2D eigenvalue weighted by Crippen LogP contribution is -2.49. The molecule has 0 radical (unpaired) electrons. The fourth-order valence-corrected chi connectivity index (χ4v) is 4.75. The summed E-state index contributed by atoms with van der Waals surface area (Å²) in [4.78, 5) is 18.9. The van der Waals surface area contributed by atoms with E-state index in [-0.39, 0.29) is 24.1 Å². The second-order valence-electron chi connectivity index (χ2n) is 6.83. The van der Waals surface area contributed by atoms with Crippen LogP contribution in [0, 0.1) is 0 Å². The van der Waals surface area contributed by atoms with E-state index in [1.54, 1.807) is 23.3 Å². The number of carbonyl (C=O) groups excluding carboxylic acids is 1. The predicted molar refractivity (Wildman–Crippen MR) is 102 cm³/mol. The van der Waals surface area contributed by atoms with E-state index in [1.807, 2.05) is 4.90 Å². The summed E-state index contributed by atoms with van der Waals surface area (Å²) in [6.45, 7) is 5.98. The van der Waals surface area contributed by atoms with Gasteiger partial charge in [0.2, 0.25) is 0 Å². The molecule has 10 heteroatoms. The van der Waals surface area contributed by atoms with Gasteiger partial charge in [0.15, 0.2) is 0 Å². The van der Waals surface area contributed by atoms with Gasteiger partial charge in [-0.1, -0.05) is 0 Å². The summed E-state index contributed by atoms with van der Waals surface area (Å²) in [6, 6.07) is 0.441. The maximum absolute atomic E-state index is 12.8. The summed E-state index contributed by atoms with van der Waals surface area (Å²) in [5.41, 5.74) is 0.596. The Morgan fingerprint density at radius 3 is 2.69 bits per heavy atom. The zero-order valence-corrected chi connectivity index (χ0v) is 16.1. The fraction of sp³-hybridized carbons (Fsp3) is 0.625. The van der Waals surface area contributed by atoms with Crippen molar-refractivity contribution >= 4 is 34.2 Å². The highest BCUT2D eigenvalue weighted by Gasteiger charge is 2.33. The molecule has 4 aliphatic heterocycles. The van der Waals surface area contributed by atoms with Crippen LogP contribution in [-0.2, 0) is 14.8 Å². The van der Waals surface area contributed by atoms with Gasteiger partial charge >= 0.3 is 0 Å². The van der Waals surface area contributed by atoms with Crippen molar-refractivity contribution in [3.05, 3.63) is 23.9 Å². The summed E-state index contributed by atoms with van der Waals surface area (Å²) < 4.78 is 26.9. The molecule has 144 valence electrons. The predicted octanol–water partition coefficient (Wildman–Crippen LogP) is -0.588. The van der Waals surface area contributed by atoms with Crippen molar-refractivity contribution in [2.24, 2.45) is 4.40 Å². The molecular formula is C16H24ClN5O3S. The number of sulfonamides is 1. The number of halogens is 1. The lowest BCUT2D eigenvalue weighted by molar-refractivity contribution is -0.126. The van der Waals surface area contributed by atoms with E-state index >= 15 is 0 Å². The van der Waals surface area contributed by atoms with Gasteiger partial charge in [0.25, 0.3) is 15.9 Å². The number of rotatable bonds is 2. The molecule has 1 unspecified atom stereocenters. The first-order valence-electron chi connectivity index (χ1n) is 8.75. The third kappa shape index (κ3) is 3.95. The van der Waals surface area contributed by atoms with E-state index in [0.29, 0.717) is 24.0 Å². The summed E-state index contributed by atoms with van der Waals surface area (Å²) in [7, 11) is -3.37. The Morgan fingerprint density at radius 2 is 1.92 bits per heavy atom. The first kappa shape index (κ1) is 19.3. The monoisotopic (exact) mass is 401 g/mol. The Bertz CT molecular complexity index is 758. The SMILES string of the molecule is Cl.O=C(C1=CN2CCS(=O)(=O)N=C2C=C1)N1CCC(N2CCNCC2)C1. The van der Waals surface area contributed by atoms with Gasteiger partial charge in [0, 0.05) is 58.1 Å². The zero-order valence-electron chi connectivity index (χ0n) is 14.5. The normalized spacial score (nSPS) is 28.1. The number of amidine groups is 1. The summed E-state index contributed by atoms with van der Waals surface area (Å²) in [5.74, 6) is 0.390. The first-order chi connectivity index (χ1) is 12.0. The maximum atomic E-state index is 12.8. The molecule has 4 heterocycles. The minimum atomic E-state index is -3.37. The molecule has 0 aliphatic carbocycles. The van der Waals surface area contributed by atoms with Crippen LogP contribution in [0.4, 0.5) is 0 Å². The highest BCUT2D eigenvalue weighted by molar-refractivity contribution is 7.90. The van der Waals surface area contributed by atoms with Gasteiger partial charge in [-0.15, -0.1) is 16.8 Å². The Hall–Kier alpha value is -1.42. The van der Waals surface area contributed by atoms with Crippen molar-refractivity contribution in [3.63, 3.8) is 0 Å². The first-order valence-corrected chi connectivity index (χ1v) is 10.4. The van der Waals surface area contributed by atoms with E-state index in [4.69, 9.17) is 0 Å². The quantitative estimate of drug-likeness (QED) is 0.666. The average Bonchev–Trinajstić information content (AvgIpc) is 3.11. The minimum absolute atomic E-state index is 0. The van der Waals surface area contributed by atoms with Gasteiger partial charge in [-0.05, 0) is 18.6 Å². The standard InChI is InChI=1S/C16H23N5O3S.ClH/c22-16(21-6-3-14(12-21)19-7-4-17-5-8-19)13-1-2-15-18-25(23,24)10-9-20(15)11-13;/h1-2,11,14,17H,3-10,12H2;1H. The molecular weight excluding hydrogens is 378 g/mol. The van der Waals surface area contributed by atoms with Gasteiger partial charge < -0.3 is 15.1 Å². The van der Waals surface area contributed by atoms with Crippen molar-refractivity contribution < 1.29 is 13.2 Å². The van der Waals surface area contributed by atoms with Crippen molar-refractivity contribution in [1.29, 1.82) is 0 Å². The fourth-order valence-electron chi connectivity index (χ4n) is 3.78. The van der Waals surface area contributed by atoms with Crippen molar-refractivity contribution in [3.8, 4) is 0 Å². The van der Waals surface area contributed by atoms with Crippen LogP contribution in [0.15, 0.2) is 28.3 Å². The highest BCUT2D eigenvalue weighted by Crippen LogP contribution is 2.21. The Morgan fingerprint density at radius 1 is 1.15 bits per heavy atom. The third-order valence-electron chi connectivity index (χ3n) is 5.19. The molecule has 2 saturated heterocycles. The van der Waals surface area contributed by atoms with Gasteiger partial charge in [-0.2, -0.15) is 0 Å². The number of hydrogen-bond acceptors (Lipinski definition) is 6. The van der Waals surface area contributed by atoms with Crippen LogP contribution >= 0.6 is 12.4 Å². The molecule has 0 aromatic carbocycles. The van der Waals surface area contributed by atoms with Gasteiger partial charge in [-0.3, -0.25) is 9.69 Å². The molecule has 4 aliphatic rings. The maximum Gasteiger partial charge on any atom is 0.256 e. The number of likely N-dealkylation sites (tertiary alicyclic amines) is 1. The topological polar surface area (TPSA) is 85.3 Å². The number of hydrogen-bond donors (Lipinski definition) is 1. The Balaban J connectivity index is 0.00000196. The molecule has 0 aromatic rings.